The molecular weight excluding hydrogens is 328 g/mol. The van der Waals surface area contributed by atoms with Crippen molar-refractivity contribution in [3.63, 3.8) is 0 Å². The van der Waals surface area contributed by atoms with Crippen molar-refractivity contribution in [3.05, 3.63) is 71.3 Å². The third-order valence-electron chi connectivity index (χ3n) is 5.25. The summed E-state index contributed by atoms with van der Waals surface area (Å²) in [5.41, 5.74) is 3.43. The van der Waals surface area contributed by atoms with Gasteiger partial charge in [0, 0.05) is 0 Å². The van der Waals surface area contributed by atoms with Gasteiger partial charge in [0.2, 0.25) is 0 Å². The predicted octanol–water partition coefficient (Wildman–Crippen LogP) is 6.39. The minimum Gasteiger partial charge on any atom is -0.0778 e. The second-order valence-electron chi connectivity index (χ2n) is 7.32. The smallest absolute Gasteiger partial charge is 0.0639 e. The molecule has 0 radical (unpaired) electrons. The SMILES string of the molecule is CC(C)C(C)C(C)(C)c1ccccc1C(=S)C(=S)c1ccccc1. The van der Waals surface area contributed by atoms with E-state index in [4.69, 9.17) is 24.4 Å². The molecule has 0 N–H and O–H groups in total. The van der Waals surface area contributed by atoms with Crippen molar-refractivity contribution in [2.24, 2.45) is 11.8 Å². The molecule has 2 heteroatoms. The normalized spacial score (nSPS) is 12.9. The Kier molecular flexibility index (Phi) is 6.06. The molecule has 2 rings (SSSR count). The number of rotatable bonds is 6. The maximum Gasteiger partial charge on any atom is 0.0639 e. The number of thiocarbonyl (C=S) groups is 2. The van der Waals surface area contributed by atoms with Crippen LogP contribution in [0.15, 0.2) is 54.6 Å². The van der Waals surface area contributed by atoms with Gasteiger partial charge in [0.25, 0.3) is 0 Å². The summed E-state index contributed by atoms with van der Waals surface area (Å²) in [5, 5.41) is 0. The Bertz CT molecular complexity index is 727. The molecule has 0 amide bonds. The molecule has 0 aliphatic rings. The van der Waals surface area contributed by atoms with Crippen molar-refractivity contribution in [2.45, 2.75) is 40.0 Å². The van der Waals surface area contributed by atoms with E-state index in [1.54, 1.807) is 0 Å². The van der Waals surface area contributed by atoms with Crippen molar-refractivity contribution < 1.29 is 0 Å². The van der Waals surface area contributed by atoms with E-state index in [-0.39, 0.29) is 5.41 Å². The molecule has 0 spiro atoms. The lowest BCUT2D eigenvalue weighted by atomic mass is 9.68. The first-order valence-electron chi connectivity index (χ1n) is 8.50. The number of hydrogen-bond acceptors (Lipinski definition) is 2. The van der Waals surface area contributed by atoms with Crippen LogP contribution in [0.25, 0.3) is 0 Å². The first-order valence-corrected chi connectivity index (χ1v) is 9.32. The molecule has 0 heterocycles. The zero-order valence-corrected chi connectivity index (χ0v) is 16.8. The largest absolute Gasteiger partial charge is 0.0778 e. The Morgan fingerprint density at radius 1 is 0.792 bits per heavy atom. The van der Waals surface area contributed by atoms with Gasteiger partial charge in [0.05, 0.1) is 9.73 Å². The second-order valence-corrected chi connectivity index (χ2v) is 8.14. The first-order chi connectivity index (χ1) is 11.3. The summed E-state index contributed by atoms with van der Waals surface area (Å²) >= 11 is 11.5. The van der Waals surface area contributed by atoms with E-state index in [2.05, 4.69) is 58.9 Å². The van der Waals surface area contributed by atoms with Gasteiger partial charge < -0.3 is 0 Å². The average molecular weight is 355 g/mol. The molecular formula is C22H26S2. The summed E-state index contributed by atoms with van der Waals surface area (Å²) in [6.45, 7) is 11.5. The molecule has 0 nitrogen and oxygen atoms in total. The van der Waals surface area contributed by atoms with E-state index < -0.39 is 0 Å². The molecule has 0 fully saturated rings. The van der Waals surface area contributed by atoms with Gasteiger partial charge in [0.15, 0.2) is 0 Å². The molecule has 126 valence electrons. The van der Waals surface area contributed by atoms with Crippen LogP contribution in [-0.2, 0) is 5.41 Å². The molecule has 0 saturated heterocycles. The molecule has 2 aromatic rings. The van der Waals surface area contributed by atoms with Crippen molar-refractivity contribution in [2.75, 3.05) is 0 Å². The highest BCUT2D eigenvalue weighted by Gasteiger charge is 2.32. The van der Waals surface area contributed by atoms with Gasteiger partial charge in [-0.1, -0.05) is 114 Å². The fourth-order valence-electron chi connectivity index (χ4n) is 3.16. The van der Waals surface area contributed by atoms with E-state index >= 15 is 0 Å². The Labute approximate surface area is 157 Å². The van der Waals surface area contributed by atoms with Crippen LogP contribution in [0.3, 0.4) is 0 Å². The standard InChI is InChI=1S/C22H26S2/c1-15(2)16(3)22(4,5)19-14-10-9-13-18(19)21(24)20(23)17-11-7-6-8-12-17/h6-16H,1-5H3. The fourth-order valence-corrected chi connectivity index (χ4v) is 3.71. The van der Waals surface area contributed by atoms with Gasteiger partial charge in [-0.25, -0.2) is 0 Å². The summed E-state index contributed by atoms with van der Waals surface area (Å²) < 4.78 is 0. The third kappa shape index (κ3) is 3.81. The maximum absolute atomic E-state index is 5.79. The van der Waals surface area contributed by atoms with E-state index in [0.717, 1.165) is 20.9 Å². The molecule has 0 aromatic heterocycles. The van der Waals surface area contributed by atoms with Crippen LogP contribution in [-0.4, -0.2) is 9.73 Å². The van der Waals surface area contributed by atoms with Crippen molar-refractivity contribution in [1.82, 2.24) is 0 Å². The highest BCUT2D eigenvalue weighted by Crippen LogP contribution is 2.38. The molecule has 1 unspecified atom stereocenters. The Morgan fingerprint density at radius 2 is 1.33 bits per heavy atom. The number of benzene rings is 2. The van der Waals surface area contributed by atoms with Gasteiger partial charge in [-0.05, 0) is 33.9 Å². The minimum atomic E-state index is 0.0289. The summed E-state index contributed by atoms with van der Waals surface area (Å²) in [7, 11) is 0. The van der Waals surface area contributed by atoms with Gasteiger partial charge in [-0.15, -0.1) is 0 Å². The lowest BCUT2D eigenvalue weighted by Gasteiger charge is -2.36. The maximum atomic E-state index is 5.79. The highest BCUT2D eigenvalue weighted by atomic mass is 32.1. The summed E-state index contributed by atoms with van der Waals surface area (Å²) in [6, 6.07) is 18.5. The van der Waals surface area contributed by atoms with Crippen molar-refractivity contribution in [1.29, 1.82) is 0 Å². The monoisotopic (exact) mass is 354 g/mol. The number of hydrogen-bond donors (Lipinski definition) is 0. The quantitative estimate of drug-likeness (QED) is 0.435. The zero-order valence-electron chi connectivity index (χ0n) is 15.2. The Morgan fingerprint density at radius 3 is 1.92 bits per heavy atom. The predicted molar refractivity (Wildman–Crippen MR) is 113 cm³/mol. The van der Waals surface area contributed by atoms with Gasteiger partial charge in [-0.2, -0.15) is 0 Å². The molecule has 0 aliphatic carbocycles. The van der Waals surface area contributed by atoms with E-state index in [1.165, 1.54) is 5.56 Å². The molecule has 2 aromatic carbocycles. The summed E-state index contributed by atoms with van der Waals surface area (Å²) in [6.07, 6.45) is 0. The fraction of sp³-hybridized carbons (Fsp3) is 0.364. The van der Waals surface area contributed by atoms with Crippen LogP contribution < -0.4 is 0 Å². The van der Waals surface area contributed by atoms with Crippen LogP contribution in [0.5, 0.6) is 0 Å². The first kappa shape index (κ1) is 19.0. The third-order valence-corrected chi connectivity index (χ3v) is 6.24. The lowest BCUT2D eigenvalue weighted by Crippen LogP contribution is -2.32. The van der Waals surface area contributed by atoms with Gasteiger partial charge >= 0.3 is 0 Å². The van der Waals surface area contributed by atoms with Crippen LogP contribution in [0, 0.1) is 11.8 Å². The van der Waals surface area contributed by atoms with Gasteiger partial charge in [-0.3, -0.25) is 0 Å². The zero-order chi connectivity index (χ0) is 17.9. The Hall–Kier alpha value is -1.38. The molecule has 24 heavy (non-hydrogen) atoms. The van der Waals surface area contributed by atoms with E-state index in [0.29, 0.717) is 11.8 Å². The lowest BCUT2D eigenvalue weighted by molar-refractivity contribution is 0.263. The summed E-state index contributed by atoms with van der Waals surface area (Å²) in [4.78, 5) is 1.53. The van der Waals surface area contributed by atoms with E-state index in [1.807, 2.05) is 30.3 Å². The Balaban J connectivity index is 2.46. The van der Waals surface area contributed by atoms with E-state index in [9.17, 15) is 0 Å². The minimum absolute atomic E-state index is 0.0289. The summed E-state index contributed by atoms with van der Waals surface area (Å²) in [5.74, 6) is 1.13. The van der Waals surface area contributed by atoms with Crippen LogP contribution in [0.1, 0.15) is 51.3 Å². The second kappa shape index (κ2) is 7.67. The van der Waals surface area contributed by atoms with Crippen molar-refractivity contribution in [3.8, 4) is 0 Å². The molecule has 0 saturated carbocycles. The van der Waals surface area contributed by atoms with Crippen LogP contribution >= 0.6 is 24.4 Å². The topological polar surface area (TPSA) is 0 Å². The van der Waals surface area contributed by atoms with Crippen LogP contribution in [0.4, 0.5) is 0 Å². The average Bonchev–Trinajstić information content (AvgIpc) is 2.60. The highest BCUT2D eigenvalue weighted by molar-refractivity contribution is 7.90. The molecule has 0 bridgehead atoms. The van der Waals surface area contributed by atoms with Crippen molar-refractivity contribution >= 4 is 34.2 Å². The molecule has 0 aliphatic heterocycles. The van der Waals surface area contributed by atoms with Gasteiger partial charge in [0.1, 0.15) is 0 Å². The van der Waals surface area contributed by atoms with Crippen LogP contribution in [0.2, 0.25) is 0 Å². The molecule has 1 atom stereocenters.